The molecular formula is C14H26O2. The molecule has 0 spiro atoms. The summed E-state index contributed by atoms with van der Waals surface area (Å²) in [5.41, 5.74) is 0.124. The molecule has 2 nitrogen and oxygen atoms in total. The van der Waals surface area contributed by atoms with E-state index in [0.29, 0.717) is 0 Å². The molecule has 0 aliphatic carbocycles. The second kappa shape index (κ2) is 7.05. The predicted molar refractivity (Wildman–Crippen MR) is 66.5 cm³/mol. The van der Waals surface area contributed by atoms with Gasteiger partial charge in [0, 0.05) is 12.5 Å². The van der Waals surface area contributed by atoms with E-state index in [9.17, 15) is 4.79 Å². The first-order valence-electron chi connectivity index (χ1n) is 6.82. The molecule has 1 fully saturated rings. The fourth-order valence-electron chi connectivity index (χ4n) is 2.55. The summed E-state index contributed by atoms with van der Waals surface area (Å²) in [4.78, 5) is 10.6. The van der Waals surface area contributed by atoms with E-state index in [-0.39, 0.29) is 11.5 Å². The molecule has 1 aliphatic heterocycles. The standard InChI is InChI=1S/C14H26O2/c1-3-14(9-5-4-6-11-16-14)10-7-8-13(2)12-15/h12-13H,3-11H2,1-2H3. The first-order chi connectivity index (χ1) is 7.72. The van der Waals surface area contributed by atoms with Crippen LogP contribution in [0, 0.1) is 5.92 Å². The van der Waals surface area contributed by atoms with E-state index in [1.165, 1.54) is 25.7 Å². The highest BCUT2D eigenvalue weighted by molar-refractivity contribution is 5.52. The normalized spacial score (nSPS) is 28.4. The van der Waals surface area contributed by atoms with Gasteiger partial charge in [0.25, 0.3) is 0 Å². The first-order valence-corrected chi connectivity index (χ1v) is 6.82. The van der Waals surface area contributed by atoms with E-state index in [2.05, 4.69) is 6.92 Å². The lowest BCUT2D eigenvalue weighted by Gasteiger charge is -2.32. The van der Waals surface area contributed by atoms with Crippen LogP contribution in [0.2, 0.25) is 0 Å². The number of carbonyl (C=O) groups is 1. The summed E-state index contributed by atoms with van der Waals surface area (Å²) in [7, 11) is 0. The van der Waals surface area contributed by atoms with Crippen LogP contribution in [0.25, 0.3) is 0 Å². The van der Waals surface area contributed by atoms with Gasteiger partial charge in [-0.15, -0.1) is 0 Å². The smallest absolute Gasteiger partial charge is 0.122 e. The molecule has 0 radical (unpaired) electrons. The lowest BCUT2D eigenvalue weighted by atomic mass is 9.87. The van der Waals surface area contributed by atoms with E-state index in [1.807, 2.05) is 6.92 Å². The van der Waals surface area contributed by atoms with E-state index in [4.69, 9.17) is 4.74 Å². The molecule has 0 aromatic rings. The van der Waals surface area contributed by atoms with Gasteiger partial charge in [0.15, 0.2) is 0 Å². The number of ether oxygens (including phenoxy) is 1. The van der Waals surface area contributed by atoms with Crippen LogP contribution in [0.15, 0.2) is 0 Å². The third-order valence-corrected chi connectivity index (χ3v) is 3.85. The molecule has 2 unspecified atom stereocenters. The van der Waals surface area contributed by atoms with Crippen molar-refractivity contribution < 1.29 is 9.53 Å². The van der Waals surface area contributed by atoms with Crippen LogP contribution in [-0.4, -0.2) is 18.5 Å². The molecule has 0 bridgehead atoms. The van der Waals surface area contributed by atoms with Crippen LogP contribution in [-0.2, 0) is 9.53 Å². The monoisotopic (exact) mass is 226 g/mol. The summed E-state index contributed by atoms with van der Waals surface area (Å²) >= 11 is 0. The highest BCUT2D eigenvalue weighted by atomic mass is 16.5. The van der Waals surface area contributed by atoms with Crippen LogP contribution in [0.5, 0.6) is 0 Å². The average molecular weight is 226 g/mol. The average Bonchev–Trinajstić information content (AvgIpc) is 2.55. The van der Waals surface area contributed by atoms with Crippen molar-refractivity contribution in [3.05, 3.63) is 0 Å². The van der Waals surface area contributed by atoms with Crippen molar-refractivity contribution in [2.24, 2.45) is 5.92 Å². The zero-order chi connectivity index (χ0) is 11.9. The Bertz CT molecular complexity index is 193. The number of hydrogen-bond donors (Lipinski definition) is 0. The molecule has 2 atom stereocenters. The third kappa shape index (κ3) is 4.25. The molecule has 1 saturated heterocycles. The Kier molecular flexibility index (Phi) is 6.04. The van der Waals surface area contributed by atoms with Gasteiger partial charge in [0.2, 0.25) is 0 Å². The highest BCUT2D eigenvalue weighted by Crippen LogP contribution is 2.32. The van der Waals surface area contributed by atoms with Crippen molar-refractivity contribution in [3.8, 4) is 0 Å². The van der Waals surface area contributed by atoms with Crippen LogP contribution in [0.4, 0.5) is 0 Å². The Morgan fingerprint density at radius 2 is 2.19 bits per heavy atom. The van der Waals surface area contributed by atoms with Crippen LogP contribution in [0.1, 0.15) is 65.2 Å². The molecule has 0 saturated carbocycles. The van der Waals surface area contributed by atoms with Crippen LogP contribution >= 0.6 is 0 Å². The molecule has 0 aromatic carbocycles. The summed E-state index contributed by atoms with van der Waals surface area (Å²) in [5.74, 6) is 0.208. The molecular weight excluding hydrogens is 200 g/mol. The molecule has 94 valence electrons. The number of aldehydes is 1. The van der Waals surface area contributed by atoms with Crippen LogP contribution in [0.3, 0.4) is 0 Å². The minimum absolute atomic E-state index is 0.124. The van der Waals surface area contributed by atoms with Crippen molar-refractivity contribution in [2.75, 3.05) is 6.61 Å². The van der Waals surface area contributed by atoms with E-state index < -0.39 is 0 Å². The van der Waals surface area contributed by atoms with Crippen LogP contribution < -0.4 is 0 Å². The fraction of sp³-hybridized carbons (Fsp3) is 0.929. The third-order valence-electron chi connectivity index (χ3n) is 3.85. The van der Waals surface area contributed by atoms with Crippen molar-refractivity contribution >= 4 is 6.29 Å². The Balaban J connectivity index is 2.36. The van der Waals surface area contributed by atoms with Gasteiger partial charge in [-0.2, -0.15) is 0 Å². The Labute approximate surface area is 99.8 Å². The maximum atomic E-state index is 10.6. The summed E-state index contributed by atoms with van der Waals surface area (Å²) < 4.78 is 6.07. The zero-order valence-corrected chi connectivity index (χ0v) is 10.8. The zero-order valence-electron chi connectivity index (χ0n) is 10.8. The maximum absolute atomic E-state index is 10.6. The van der Waals surface area contributed by atoms with Crippen molar-refractivity contribution in [2.45, 2.75) is 70.8 Å². The van der Waals surface area contributed by atoms with E-state index in [1.54, 1.807) is 0 Å². The van der Waals surface area contributed by atoms with E-state index in [0.717, 1.165) is 38.6 Å². The molecule has 0 amide bonds. The minimum Gasteiger partial charge on any atom is -0.375 e. The Hall–Kier alpha value is -0.370. The molecule has 1 rings (SSSR count). The number of rotatable bonds is 6. The number of carbonyl (C=O) groups excluding carboxylic acids is 1. The van der Waals surface area contributed by atoms with E-state index >= 15 is 0 Å². The summed E-state index contributed by atoms with van der Waals surface area (Å²) in [5, 5.41) is 0. The van der Waals surface area contributed by atoms with Gasteiger partial charge in [-0.25, -0.2) is 0 Å². The number of hydrogen-bond acceptors (Lipinski definition) is 2. The summed E-state index contributed by atoms with van der Waals surface area (Å²) in [6.45, 7) is 5.16. The summed E-state index contributed by atoms with van der Waals surface area (Å²) in [6, 6.07) is 0. The van der Waals surface area contributed by atoms with Gasteiger partial charge in [0.1, 0.15) is 6.29 Å². The Morgan fingerprint density at radius 3 is 2.88 bits per heavy atom. The lowest BCUT2D eigenvalue weighted by Crippen LogP contribution is -2.31. The van der Waals surface area contributed by atoms with Gasteiger partial charge >= 0.3 is 0 Å². The second-order valence-corrected chi connectivity index (χ2v) is 5.20. The topological polar surface area (TPSA) is 26.3 Å². The quantitative estimate of drug-likeness (QED) is 0.645. The van der Waals surface area contributed by atoms with Crippen molar-refractivity contribution in [3.63, 3.8) is 0 Å². The maximum Gasteiger partial charge on any atom is 0.122 e. The largest absolute Gasteiger partial charge is 0.375 e. The molecule has 1 aliphatic rings. The fourth-order valence-corrected chi connectivity index (χ4v) is 2.55. The molecule has 2 heteroatoms. The molecule has 1 heterocycles. The van der Waals surface area contributed by atoms with Gasteiger partial charge in [0.05, 0.1) is 5.60 Å². The minimum atomic E-state index is 0.124. The van der Waals surface area contributed by atoms with Gasteiger partial charge in [-0.05, 0) is 38.5 Å². The SMILES string of the molecule is CCC1(CCCC(C)C=O)CCCCCO1. The van der Waals surface area contributed by atoms with Gasteiger partial charge in [-0.1, -0.05) is 26.7 Å². The second-order valence-electron chi connectivity index (χ2n) is 5.20. The van der Waals surface area contributed by atoms with Gasteiger partial charge < -0.3 is 9.53 Å². The Morgan fingerprint density at radius 1 is 1.38 bits per heavy atom. The van der Waals surface area contributed by atoms with Crippen molar-refractivity contribution in [1.29, 1.82) is 0 Å². The molecule has 0 N–H and O–H groups in total. The molecule has 16 heavy (non-hydrogen) atoms. The van der Waals surface area contributed by atoms with Crippen molar-refractivity contribution in [1.82, 2.24) is 0 Å². The highest BCUT2D eigenvalue weighted by Gasteiger charge is 2.29. The summed E-state index contributed by atoms with van der Waals surface area (Å²) in [6.07, 6.45) is 10.5. The molecule has 0 aromatic heterocycles. The lowest BCUT2D eigenvalue weighted by molar-refractivity contribution is -0.111. The predicted octanol–water partition coefficient (Wildman–Crippen LogP) is 3.73. The van der Waals surface area contributed by atoms with Gasteiger partial charge in [-0.3, -0.25) is 0 Å². The first kappa shape index (κ1) is 13.7.